The summed E-state index contributed by atoms with van der Waals surface area (Å²) in [5, 5.41) is 3.46. The Morgan fingerprint density at radius 1 is 1.20 bits per heavy atom. The van der Waals surface area contributed by atoms with Crippen LogP contribution in [0.4, 0.5) is 5.69 Å². The van der Waals surface area contributed by atoms with Gasteiger partial charge in [-0.15, -0.1) is 0 Å². The Bertz CT molecular complexity index is 268. The molecule has 0 amide bonds. The third-order valence-corrected chi connectivity index (χ3v) is 2.30. The summed E-state index contributed by atoms with van der Waals surface area (Å²) in [5.41, 5.74) is 1.17. The monoisotopic (exact) mass is 207 g/mol. The van der Waals surface area contributed by atoms with E-state index in [0.29, 0.717) is 6.04 Å². The molecule has 0 aliphatic carbocycles. The maximum atomic E-state index is 5.39. The van der Waals surface area contributed by atoms with Crippen molar-refractivity contribution < 1.29 is 4.74 Å². The summed E-state index contributed by atoms with van der Waals surface area (Å²) < 4.78 is 5.39. The number of ether oxygens (including phenoxy) is 1. The minimum atomic E-state index is 0.535. The molecule has 0 aliphatic heterocycles. The Morgan fingerprint density at radius 2 is 1.87 bits per heavy atom. The lowest BCUT2D eigenvalue weighted by molar-refractivity contribution is 0.340. The highest BCUT2D eigenvalue weighted by molar-refractivity contribution is 5.46. The second-order valence-electron chi connectivity index (χ2n) is 3.79. The molecule has 0 aliphatic rings. The molecule has 0 spiro atoms. The van der Waals surface area contributed by atoms with Crippen LogP contribution in [0.3, 0.4) is 0 Å². The Balaban J connectivity index is 2.48. The molecule has 0 aromatic heterocycles. The van der Waals surface area contributed by atoms with Crippen molar-refractivity contribution in [3.8, 4) is 5.75 Å². The highest BCUT2D eigenvalue weighted by atomic mass is 16.5. The van der Waals surface area contributed by atoms with E-state index >= 15 is 0 Å². The summed E-state index contributed by atoms with van der Waals surface area (Å²) in [5.74, 6) is 0.936. The third kappa shape index (κ3) is 4.24. The van der Waals surface area contributed by atoms with E-state index in [2.05, 4.69) is 31.3 Å². The minimum Gasteiger partial charge on any atom is -0.494 e. The lowest BCUT2D eigenvalue weighted by atomic mass is 10.2. The number of rotatable bonds is 6. The number of hydrogen-bond acceptors (Lipinski definition) is 2. The molecule has 1 aromatic carbocycles. The first-order valence-electron chi connectivity index (χ1n) is 5.75. The van der Waals surface area contributed by atoms with Gasteiger partial charge in [-0.1, -0.05) is 13.3 Å². The third-order valence-electron chi connectivity index (χ3n) is 2.30. The first kappa shape index (κ1) is 11.9. The lowest BCUT2D eigenvalue weighted by Crippen LogP contribution is -2.14. The maximum Gasteiger partial charge on any atom is 0.119 e. The van der Waals surface area contributed by atoms with Crippen molar-refractivity contribution >= 4 is 5.69 Å². The van der Waals surface area contributed by atoms with Gasteiger partial charge in [0.05, 0.1) is 6.61 Å². The molecule has 15 heavy (non-hydrogen) atoms. The van der Waals surface area contributed by atoms with Crippen LogP contribution >= 0.6 is 0 Å². The zero-order valence-corrected chi connectivity index (χ0v) is 9.92. The smallest absolute Gasteiger partial charge is 0.119 e. The van der Waals surface area contributed by atoms with Crippen molar-refractivity contribution in [1.29, 1.82) is 0 Å². The van der Waals surface area contributed by atoms with E-state index in [1.165, 1.54) is 18.5 Å². The van der Waals surface area contributed by atoms with Gasteiger partial charge in [0.2, 0.25) is 0 Å². The van der Waals surface area contributed by atoms with Crippen molar-refractivity contribution in [2.75, 3.05) is 11.9 Å². The molecular weight excluding hydrogens is 186 g/mol. The molecule has 84 valence electrons. The molecule has 1 N–H and O–H groups in total. The molecule has 0 fully saturated rings. The molecular formula is C13H21NO. The largest absolute Gasteiger partial charge is 0.494 e. The molecule has 0 saturated heterocycles. The standard InChI is InChI=1S/C13H21NO/c1-4-6-11(3)14-12-7-9-13(10-8-12)15-5-2/h7-11,14H,4-6H2,1-3H3. The van der Waals surface area contributed by atoms with Gasteiger partial charge in [-0.2, -0.15) is 0 Å². The summed E-state index contributed by atoms with van der Waals surface area (Å²) in [6.07, 6.45) is 2.42. The van der Waals surface area contributed by atoms with Crippen molar-refractivity contribution in [3.05, 3.63) is 24.3 Å². The predicted octanol–water partition coefficient (Wildman–Crippen LogP) is 3.69. The highest BCUT2D eigenvalue weighted by Crippen LogP contribution is 2.16. The Kier molecular flexibility index (Phi) is 5.02. The van der Waals surface area contributed by atoms with Crippen LogP contribution in [0.2, 0.25) is 0 Å². The van der Waals surface area contributed by atoms with E-state index in [-0.39, 0.29) is 0 Å². The van der Waals surface area contributed by atoms with Crippen molar-refractivity contribution in [2.24, 2.45) is 0 Å². The summed E-state index contributed by atoms with van der Waals surface area (Å²) >= 11 is 0. The lowest BCUT2D eigenvalue weighted by Gasteiger charge is -2.14. The average Bonchev–Trinajstić information content (AvgIpc) is 2.22. The summed E-state index contributed by atoms with van der Waals surface area (Å²) in [7, 11) is 0. The van der Waals surface area contributed by atoms with Crippen molar-refractivity contribution in [2.45, 2.75) is 39.7 Å². The van der Waals surface area contributed by atoms with E-state index in [1.807, 2.05) is 19.1 Å². The zero-order chi connectivity index (χ0) is 11.1. The van der Waals surface area contributed by atoms with Gasteiger partial charge in [-0.3, -0.25) is 0 Å². The van der Waals surface area contributed by atoms with Gasteiger partial charge >= 0.3 is 0 Å². The first-order valence-corrected chi connectivity index (χ1v) is 5.75. The normalized spacial score (nSPS) is 12.2. The van der Waals surface area contributed by atoms with E-state index in [4.69, 9.17) is 4.74 Å². The molecule has 1 aromatic rings. The fourth-order valence-electron chi connectivity index (χ4n) is 1.60. The first-order chi connectivity index (χ1) is 7.26. The molecule has 2 nitrogen and oxygen atoms in total. The van der Waals surface area contributed by atoms with E-state index in [9.17, 15) is 0 Å². The van der Waals surface area contributed by atoms with Gasteiger partial charge < -0.3 is 10.1 Å². The van der Waals surface area contributed by atoms with Gasteiger partial charge in [-0.25, -0.2) is 0 Å². The quantitative estimate of drug-likeness (QED) is 0.768. The molecule has 1 atom stereocenters. The number of hydrogen-bond donors (Lipinski definition) is 1. The molecule has 1 rings (SSSR count). The van der Waals surface area contributed by atoms with Crippen LogP contribution in [0.1, 0.15) is 33.6 Å². The second-order valence-corrected chi connectivity index (χ2v) is 3.79. The van der Waals surface area contributed by atoms with E-state index in [0.717, 1.165) is 12.4 Å². The maximum absolute atomic E-state index is 5.39. The van der Waals surface area contributed by atoms with Gasteiger partial charge in [0.25, 0.3) is 0 Å². The van der Waals surface area contributed by atoms with Crippen molar-refractivity contribution in [1.82, 2.24) is 0 Å². The number of nitrogens with one attached hydrogen (secondary N) is 1. The van der Waals surface area contributed by atoms with Gasteiger partial charge in [-0.05, 0) is 44.5 Å². The van der Waals surface area contributed by atoms with E-state index in [1.54, 1.807) is 0 Å². The van der Waals surface area contributed by atoms with Gasteiger partial charge in [0.1, 0.15) is 5.75 Å². The Hall–Kier alpha value is -1.18. The van der Waals surface area contributed by atoms with Gasteiger partial charge in [0, 0.05) is 11.7 Å². The highest BCUT2D eigenvalue weighted by Gasteiger charge is 2.00. The van der Waals surface area contributed by atoms with Gasteiger partial charge in [0.15, 0.2) is 0 Å². The fourth-order valence-corrected chi connectivity index (χ4v) is 1.60. The second kappa shape index (κ2) is 6.33. The topological polar surface area (TPSA) is 21.3 Å². The van der Waals surface area contributed by atoms with Crippen LogP contribution < -0.4 is 10.1 Å². The summed E-state index contributed by atoms with van der Waals surface area (Å²) in [6.45, 7) is 7.13. The van der Waals surface area contributed by atoms with Crippen LogP contribution in [0.25, 0.3) is 0 Å². The Labute approximate surface area is 92.6 Å². The van der Waals surface area contributed by atoms with Crippen LogP contribution in [-0.2, 0) is 0 Å². The molecule has 0 saturated carbocycles. The summed E-state index contributed by atoms with van der Waals surface area (Å²) in [6, 6.07) is 8.68. The fraction of sp³-hybridized carbons (Fsp3) is 0.538. The molecule has 1 unspecified atom stereocenters. The SMILES string of the molecule is CCCC(C)Nc1ccc(OCC)cc1. The molecule has 0 heterocycles. The Morgan fingerprint density at radius 3 is 2.40 bits per heavy atom. The number of benzene rings is 1. The zero-order valence-electron chi connectivity index (χ0n) is 9.92. The van der Waals surface area contributed by atoms with Crippen LogP contribution in [0.15, 0.2) is 24.3 Å². The average molecular weight is 207 g/mol. The number of anilines is 1. The van der Waals surface area contributed by atoms with Crippen LogP contribution in [0, 0.1) is 0 Å². The van der Waals surface area contributed by atoms with Crippen LogP contribution in [-0.4, -0.2) is 12.6 Å². The minimum absolute atomic E-state index is 0.535. The molecule has 0 radical (unpaired) electrons. The van der Waals surface area contributed by atoms with Crippen molar-refractivity contribution in [3.63, 3.8) is 0 Å². The molecule has 2 heteroatoms. The predicted molar refractivity (Wildman–Crippen MR) is 65.6 cm³/mol. The van der Waals surface area contributed by atoms with Crippen LogP contribution in [0.5, 0.6) is 5.75 Å². The van der Waals surface area contributed by atoms with E-state index < -0.39 is 0 Å². The molecule has 0 bridgehead atoms. The summed E-state index contributed by atoms with van der Waals surface area (Å²) in [4.78, 5) is 0.